The van der Waals surface area contributed by atoms with E-state index in [9.17, 15) is 22.4 Å². The van der Waals surface area contributed by atoms with E-state index in [4.69, 9.17) is 0 Å². The lowest BCUT2D eigenvalue weighted by molar-refractivity contribution is -0.175. The van der Waals surface area contributed by atoms with Gasteiger partial charge in [0.25, 0.3) is 0 Å². The summed E-state index contributed by atoms with van der Waals surface area (Å²) >= 11 is 0. The van der Waals surface area contributed by atoms with Gasteiger partial charge in [-0.25, -0.2) is 4.39 Å². The topological polar surface area (TPSA) is 32.3 Å². The maximum absolute atomic E-state index is 13.2. The van der Waals surface area contributed by atoms with Crippen molar-refractivity contribution >= 4 is 17.3 Å². The summed E-state index contributed by atoms with van der Waals surface area (Å²) in [5.74, 6) is -1.25. The quantitative estimate of drug-likeness (QED) is 0.727. The molecule has 2 heterocycles. The number of nitrogens with one attached hydrogen (secondary N) is 1. The number of carbonyl (C=O) groups excluding carboxylic acids is 1. The fraction of sp³-hybridized carbons (Fsp3) is 0.364. The first kappa shape index (κ1) is 11.3. The zero-order valence-corrected chi connectivity index (χ0v) is 9.01. The SMILES string of the molecule is O=C1CC[C@]2(C(F)(F)F)Nc3cc(F)ccc3N12. The van der Waals surface area contributed by atoms with Crippen LogP contribution in [-0.4, -0.2) is 17.7 Å². The van der Waals surface area contributed by atoms with Gasteiger partial charge in [0.05, 0.1) is 11.4 Å². The third-order valence-electron chi connectivity index (χ3n) is 3.34. The first-order valence-electron chi connectivity index (χ1n) is 5.33. The van der Waals surface area contributed by atoms with Crippen molar-refractivity contribution < 1.29 is 22.4 Å². The van der Waals surface area contributed by atoms with Crippen molar-refractivity contribution in [1.29, 1.82) is 0 Å². The lowest BCUT2D eigenvalue weighted by Crippen LogP contribution is -2.58. The summed E-state index contributed by atoms with van der Waals surface area (Å²) in [6.45, 7) is 0. The molecule has 0 spiro atoms. The number of rotatable bonds is 0. The molecule has 2 aliphatic rings. The molecule has 0 aromatic heterocycles. The van der Waals surface area contributed by atoms with Gasteiger partial charge in [-0.1, -0.05) is 0 Å². The van der Waals surface area contributed by atoms with Gasteiger partial charge in [-0.05, 0) is 18.2 Å². The number of fused-ring (bicyclic) bond motifs is 3. The molecule has 3 rings (SSSR count). The Morgan fingerprint density at radius 1 is 1.33 bits per heavy atom. The predicted molar refractivity (Wildman–Crippen MR) is 55.5 cm³/mol. The molecule has 1 fully saturated rings. The Morgan fingerprint density at radius 3 is 2.72 bits per heavy atom. The number of carbonyl (C=O) groups is 1. The second-order valence-electron chi connectivity index (χ2n) is 4.37. The van der Waals surface area contributed by atoms with Gasteiger partial charge in [-0.15, -0.1) is 0 Å². The summed E-state index contributed by atoms with van der Waals surface area (Å²) in [5.41, 5.74) is -2.34. The lowest BCUT2D eigenvalue weighted by atomic mass is 10.1. The summed E-state index contributed by atoms with van der Waals surface area (Å²) < 4.78 is 52.6. The molecule has 1 atom stereocenters. The molecule has 7 heteroatoms. The average molecular weight is 260 g/mol. The van der Waals surface area contributed by atoms with Crippen molar-refractivity contribution in [2.24, 2.45) is 0 Å². The molecule has 1 amide bonds. The van der Waals surface area contributed by atoms with E-state index in [0.29, 0.717) is 4.90 Å². The molecule has 3 nitrogen and oxygen atoms in total. The standard InChI is InChI=1S/C11H8F4N2O/c12-6-1-2-8-7(5-6)16-10(11(13,14)15)4-3-9(18)17(8)10/h1-2,5,16H,3-4H2/t10-/m0/s1. The number of alkyl halides is 3. The van der Waals surface area contributed by atoms with Gasteiger partial charge >= 0.3 is 6.18 Å². The minimum Gasteiger partial charge on any atom is -0.353 e. The van der Waals surface area contributed by atoms with Crippen molar-refractivity contribution in [3.8, 4) is 0 Å². The van der Waals surface area contributed by atoms with Crippen LogP contribution in [0.5, 0.6) is 0 Å². The number of hydrogen-bond acceptors (Lipinski definition) is 2. The van der Waals surface area contributed by atoms with Crippen LogP contribution in [0, 0.1) is 5.82 Å². The van der Waals surface area contributed by atoms with Crippen LogP contribution in [0.15, 0.2) is 18.2 Å². The monoisotopic (exact) mass is 260 g/mol. The van der Waals surface area contributed by atoms with E-state index in [0.717, 1.165) is 12.1 Å². The van der Waals surface area contributed by atoms with Gasteiger partial charge in [-0.3, -0.25) is 9.69 Å². The maximum atomic E-state index is 13.2. The highest BCUT2D eigenvalue weighted by Gasteiger charge is 2.66. The highest BCUT2D eigenvalue weighted by atomic mass is 19.4. The highest BCUT2D eigenvalue weighted by Crippen LogP contribution is 2.53. The molecule has 1 aromatic rings. The molecule has 1 aromatic carbocycles. The van der Waals surface area contributed by atoms with E-state index < -0.39 is 23.6 Å². The Balaban J connectivity index is 2.18. The van der Waals surface area contributed by atoms with Gasteiger partial charge in [0.2, 0.25) is 11.6 Å². The molecular formula is C11H8F4N2O. The Hall–Kier alpha value is -1.79. The molecule has 18 heavy (non-hydrogen) atoms. The van der Waals surface area contributed by atoms with E-state index in [1.807, 2.05) is 0 Å². The fourth-order valence-corrected chi connectivity index (χ4v) is 2.55. The Bertz CT molecular complexity index is 542. The third kappa shape index (κ3) is 1.21. The highest BCUT2D eigenvalue weighted by molar-refractivity contribution is 6.04. The van der Waals surface area contributed by atoms with Crippen LogP contribution in [0.1, 0.15) is 12.8 Å². The summed E-state index contributed by atoms with van der Waals surface area (Å²) in [5, 5.41) is 2.26. The van der Waals surface area contributed by atoms with Gasteiger partial charge < -0.3 is 5.32 Å². The first-order valence-corrected chi connectivity index (χ1v) is 5.33. The molecule has 96 valence electrons. The van der Waals surface area contributed by atoms with Crippen LogP contribution in [-0.2, 0) is 4.79 Å². The summed E-state index contributed by atoms with van der Waals surface area (Å²) in [6, 6.07) is 3.20. The van der Waals surface area contributed by atoms with E-state index >= 15 is 0 Å². The normalized spacial score (nSPS) is 26.0. The van der Waals surface area contributed by atoms with Crippen LogP contribution in [0.4, 0.5) is 28.9 Å². The third-order valence-corrected chi connectivity index (χ3v) is 3.34. The average Bonchev–Trinajstić information content (AvgIpc) is 2.74. The summed E-state index contributed by atoms with van der Waals surface area (Å²) in [4.78, 5) is 12.3. The number of amides is 1. The molecule has 0 saturated carbocycles. The smallest absolute Gasteiger partial charge is 0.353 e. The predicted octanol–water partition coefficient (Wildman–Crippen LogP) is 2.64. The second kappa shape index (κ2) is 3.15. The van der Waals surface area contributed by atoms with Crippen molar-refractivity contribution in [2.75, 3.05) is 10.2 Å². The van der Waals surface area contributed by atoms with Crippen molar-refractivity contribution in [1.82, 2.24) is 0 Å². The van der Waals surface area contributed by atoms with E-state index in [1.165, 1.54) is 6.07 Å². The van der Waals surface area contributed by atoms with Crippen LogP contribution >= 0.6 is 0 Å². The second-order valence-corrected chi connectivity index (χ2v) is 4.37. The van der Waals surface area contributed by atoms with Crippen LogP contribution in [0.3, 0.4) is 0 Å². The van der Waals surface area contributed by atoms with Gasteiger partial charge in [0.15, 0.2) is 0 Å². The molecule has 0 radical (unpaired) electrons. The Kier molecular flexibility index (Phi) is 1.98. The molecule has 1 N–H and O–H groups in total. The minimum atomic E-state index is -4.62. The minimum absolute atomic E-state index is 0.000347. The maximum Gasteiger partial charge on any atom is 0.430 e. The van der Waals surface area contributed by atoms with Crippen molar-refractivity contribution in [2.45, 2.75) is 24.7 Å². The number of hydrogen-bond donors (Lipinski definition) is 1. The number of nitrogens with zero attached hydrogens (tertiary/aromatic N) is 1. The zero-order valence-electron chi connectivity index (χ0n) is 9.01. The van der Waals surface area contributed by atoms with Crippen molar-refractivity contribution in [3.05, 3.63) is 24.0 Å². The zero-order chi connectivity index (χ0) is 13.1. The van der Waals surface area contributed by atoms with Crippen LogP contribution < -0.4 is 10.2 Å². The molecule has 0 aliphatic carbocycles. The Labute approximate surface area is 99.4 Å². The van der Waals surface area contributed by atoms with Gasteiger partial charge in [0.1, 0.15) is 5.82 Å². The van der Waals surface area contributed by atoms with E-state index in [1.54, 1.807) is 0 Å². The Morgan fingerprint density at radius 2 is 2.06 bits per heavy atom. The number of benzene rings is 1. The lowest BCUT2D eigenvalue weighted by Gasteiger charge is -2.34. The molecule has 2 aliphatic heterocycles. The van der Waals surface area contributed by atoms with Crippen LogP contribution in [0.25, 0.3) is 0 Å². The molecule has 0 unspecified atom stereocenters. The molecule has 0 bridgehead atoms. The first-order chi connectivity index (χ1) is 8.35. The fourth-order valence-electron chi connectivity index (χ4n) is 2.55. The van der Waals surface area contributed by atoms with Crippen LogP contribution in [0.2, 0.25) is 0 Å². The molecule has 1 saturated heterocycles. The van der Waals surface area contributed by atoms with Crippen molar-refractivity contribution in [3.63, 3.8) is 0 Å². The number of halogens is 4. The van der Waals surface area contributed by atoms with Gasteiger partial charge in [-0.2, -0.15) is 13.2 Å². The van der Waals surface area contributed by atoms with Gasteiger partial charge in [0, 0.05) is 12.8 Å². The largest absolute Gasteiger partial charge is 0.430 e. The summed E-state index contributed by atoms with van der Waals surface area (Å²) in [6.07, 6.45) is -5.16. The molecular weight excluding hydrogens is 252 g/mol. The van der Waals surface area contributed by atoms with E-state index in [2.05, 4.69) is 5.32 Å². The van der Waals surface area contributed by atoms with E-state index in [-0.39, 0.29) is 24.2 Å². The summed E-state index contributed by atoms with van der Waals surface area (Å²) in [7, 11) is 0. The number of anilines is 2.